The molecule has 3 heteroatoms. The second-order valence-corrected chi connectivity index (χ2v) is 18.9. The number of halogens is 2. The average molecular weight is 294 g/mol. The highest BCUT2D eigenvalue weighted by atomic mass is 79.9. The zero-order valence-corrected chi connectivity index (χ0v) is 10.5. The van der Waals surface area contributed by atoms with E-state index in [9.17, 15) is 0 Å². The lowest BCUT2D eigenvalue weighted by Gasteiger charge is -2.10. The molecule has 1 aromatic carbocycles. The summed E-state index contributed by atoms with van der Waals surface area (Å²) in [6.45, 7) is 2.24. The van der Waals surface area contributed by atoms with Crippen LogP contribution in [0.2, 0.25) is 6.55 Å². The Bertz CT molecular complexity index is 215. The highest BCUT2D eigenvalue weighted by molar-refractivity contribution is 9.51. The Morgan fingerprint density at radius 2 is 1.73 bits per heavy atom. The minimum Gasteiger partial charge on any atom is -0.111 e. The van der Waals surface area contributed by atoms with Crippen molar-refractivity contribution in [2.75, 3.05) is 0 Å². The summed E-state index contributed by atoms with van der Waals surface area (Å²) >= 11 is 7.34. The Morgan fingerprint density at radius 3 is 2.18 bits per heavy atom. The predicted molar refractivity (Wildman–Crippen MR) is 59.6 cm³/mol. The third-order valence-electron chi connectivity index (χ3n) is 1.36. The topological polar surface area (TPSA) is 0 Å². The first-order valence-electron chi connectivity index (χ1n) is 3.50. The van der Waals surface area contributed by atoms with Crippen molar-refractivity contribution in [1.29, 1.82) is 0 Å². The molecule has 0 fully saturated rings. The van der Waals surface area contributed by atoms with E-state index in [1.165, 1.54) is 5.56 Å². The van der Waals surface area contributed by atoms with Crippen LogP contribution in [0.4, 0.5) is 0 Å². The number of hydrogen-bond donors (Lipinski definition) is 0. The Morgan fingerprint density at radius 1 is 1.18 bits per heavy atom. The Hall–Kier alpha value is 0.397. The first kappa shape index (κ1) is 9.48. The summed E-state index contributed by atoms with van der Waals surface area (Å²) in [4.78, 5) is 0. The molecule has 0 radical (unpaired) electrons. The van der Waals surface area contributed by atoms with Crippen LogP contribution in [0.15, 0.2) is 30.3 Å². The van der Waals surface area contributed by atoms with Gasteiger partial charge < -0.3 is 0 Å². The molecule has 1 aromatic rings. The SMILES string of the molecule is C[Si](Br)(Br)Cc1ccccc1. The average Bonchev–Trinajstić information content (AvgIpc) is 1.85. The first-order valence-corrected chi connectivity index (χ1v) is 10.7. The van der Waals surface area contributed by atoms with Crippen molar-refractivity contribution in [3.05, 3.63) is 35.9 Å². The van der Waals surface area contributed by atoms with E-state index in [4.69, 9.17) is 0 Å². The molecule has 0 nitrogen and oxygen atoms in total. The van der Waals surface area contributed by atoms with E-state index in [2.05, 4.69) is 61.4 Å². The maximum absolute atomic E-state index is 3.67. The third-order valence-corrected chi connectivity index (χ3v) is 4.07. The summed E-state index contributed by atoms with van der Waals surface area (Å²) < 4.78 is 0. The van der Waals surface area contributed by atoms with Crippen molar-refractivity contribution < 1.29 is 0 Å². The zero-order chi connectivity index (χ0) is 8.32. The summed E-state index contributed by atoms with van der Waals surface area (Å²) in [5.74, 6) is 0. The summed E-state index contributed by atoms with van der Waals surface area (Å²) in [7, 11) is 0. The minimum atomic E-state index is -1.27. The summed E-state index contributed by atoms with van der Waals surface area (Å²) in [6.07, 6.45) is 0. The maximum atomic E-state index is 3.67. The van der Waals surface area contributed by atoms with Crippen molar-refractivity contribution >= 4 is 35.9 Å². The molecule has 0 atom stereocenters. The monoisotopic (exact) mass is 292 g/mol. The van der Waals surface area contributed by atoms with Crippen LogP contribution in [0.3, 0.4) is 0 Å². The van der Waals surface area contributed by atoms with Crippen molar-refractivity contribution in [2.24, 2.45) is 0 Å². The van der Waals surface area contributed by atoms with Crippen LogP contribution in [0.5, 0.6) is 0 Å². The van der Waals surface area contributed by atoms with Crippen LogP contribution in [0.1, 0.15) is 5.56 Å². The van der Waals surface area contributed by atoms with Gasteiger partial charge in [0.2, 0.25) is 5.31 Å². The van der Waals surface area contributed by atoms with Gasteiger partial charge in [-0.15, -0.1) is 30.6 Å². The van der Waals surface area contributed by atoms with E-state index < -0.39 is 5.31 Å². The zero-order valence-electron chi connectivity index (χ0n) is 6.35. The van der Waals surface area contributed by atoms with Crippen LogP contribution >= 0.6 is 30.6 Å². The van der Waals surface area contributed by atoms with Crippen molar-refractivity contribution in [3.8, 4) is 0 Å². The van der Waals surface area contributed by atoms with E-state index in [1.807, 2.05) is 6.07 Å². The van der Waals surface area contributed by atoms with E-state index in [0.29, 0.717) is 0 Å². The summed E-state index contributed by atoms with van der Waals surface area (Å²) in [5.41, 5.74) is 1.40. The molecule has 0 aliphatic carbocycles. The van der Waals surface area contributed by atoms with Crippen LogP contribution in [-0.2, 0) is 6.04 Å². The Balaban J connectivity index is 2.66. The predicted octanol–water partition coefficient (Wildman–Crippen LogP) is 3.63. The standard InChI is InChI=1S/C8H10Br2Si/c1-11(9,10)7-8-5-3-2-4-6-8/h2-6H,7H2,1H3. The van der Waals surface area contributed by atoms with Gasteiger partial charge >= 0.3 is 0 Å². The van der Waals surface area contributed by atoms with Gasteiger partial charge in [-0.25, -0.2) is 0 Å². The quantitative estimate of drug-likeness (QED) is 0.577. The van der Waals surface area contributed by atoms with E-state index in [-0.39, 0.29) is 0 Å². The normalized spacial score (nSPS) is 11.5. The van der Waals surface area contributed by atoms with Gasteiger partial charge in [-0.3, -0.25) is 0 Å². The highest BCUT2D eigenvalue weighted by Gasteiger charge is 2.18. The molecule has 0 N–H and O–H groups in total. The lowest BCUT2D eigenvalue weighted by atomic mass is 10.2. The molecule has 0 saturated heterocycles. The molecule has 60 valence electrons. The lowest BCUT2D eigenvalue weighted by molar-refractivity contribution is 1.37. The fourth-order valence-corrected chi connectivity index (χ4v) is 3.85. The van der Waals surface area contributed by atoms with Crippen LogP contribution in [-0.4, -0.2) is 5.31 Å². The van der Waals surface area contributed by atoms with E-state index >= 15 is 0 Å². The van der Waals surface area contributed by atoms with Gasteiger partial charge in [0.15, 0.2) is 0 Å². The summed E-state index contributed by atoms with van der Waals surface area (Å²) in [6, 6.07) is 11.7. The number of hydrogen-bond acceptors (Lipinski definition) is 0. The van der Waals surface area contributed by atoms with Gasteiger partial charge in [-0.2, -0.15) is 0 Å². The molecule has 0 saturated carbocycles. The molecule has 0 heterocycles. The largest absolute Gasteiger partial charge is 0.202 e. The maximum Gasteiger partial charge on any atom is 0.202 e. The smallest absolute Gasteiger partial charge is 0.111 e. The first-order chi connectivity index (χ1) is 5.08. The molecule has 0 spiro atoms. The van der Waals surface area contributed by atoms with Crippen molar-refractivity contribution in [3.63, 3.8) is 0 Å². The molecule has 0 aliphatic heterocycles. The summed E-state index contributed by atoms with van der Waals surface area (Å²) in [5, 5.41) is -1.27. The molecular formula is C8H10Br2Si. The van der Waals surface area contributed by atoms with Gasteiger partial charge in [0, 0.05) is 0 Å². The number of rotatable bonds is 2. The molecule has 1 rings (SSSR count). The molecule has 0 bridgehead atoms. The molecule has 0 amide bonds. The van der Waals surface area contributed by atoms with E-state index in [1.54, 1.807) is 0 Å². The van der Waals surface area contributed by atoms with Crippen molar-refractivity contribution in [2.45, 2.75) is 12.6 Å². The van der Waals surface area contributed by atoms with Gasteiger partial charge in [0.1, 0.15) is 0 Å². The molecule has 11 heavy (non-hydrogen) atoms. The molecular weight excluding hydrogens is 284 g/mol. The molecule has 0 aliphatic rings. The van der Waals surface area contributed by atoms with Crippen LogP contribution in [0, 0.1) is 0 Å². The third kappa shape index (κ3) is 4.08. The van der Waals surface area contributed by atoms with Gasteiger partial charge in [0.25, 0.3) is 0 Å². The molecule has 0 aromatic heterocycles. The second-order valence-electron chi connectivity index (χ2n) is 2.73. The number of benzene rings is 1. The van der Waals surface area contributed by atoms with E-state index in [0.717, 1.165) is 6.04 Å². The van der Waals surface area contributed by atoms with Gasteiger partial charge in [0.05, 0.1) is 0 Å². The molecule has 0 unspecified atom stereocenters. The van der Waals surface area contributed by atoms with Gasteiger partial charge in [-0.05, 0) is 18.2 Å². The second kappa shape index (κ2) is 3.87. The Labute approximate surface area is 84.2 Å². The van der Waals surface area contributed by atoms with Crippen LogP contribution in [0.25, 0.3) is 0 Å². The highest BCUT2D eigenvalue weighted by Crippen LogP contribution is 2.24. The lowest BCUT2D eigenvalue weighted by Crippen LogP contribution is -2.15. The fraction of sp³-hybridized carbons (Fsp3) is 0.250. The van der Waals surface area contributed by atoms with Crippen LogP contribution < -0.4 is 0 Å². The fourth-order valence-electron chi connectivity index (χ4n) is 0.954. The minimum absolute atomic E-state index is 1.13. The van der Waals surface area contributed by atoms with Gasteiger partial charge in [-0.1, -0.05) is 30.3 Å². The van der Waals surface area contributed by atoms with Crippen molar-refractivity contribution in [1.82, 2.24) is 0 Å². The Kier molecular flexibility index (Phi) is 3.34.